The van der Waals surface area contributed by atoms with E-state index in [-0.39, 0.29) is 0 Å². The molecular formula is C15H18ClP. The lowest BCUT2D eigenvalue weighted by molar-refractivity contribution is 1.37. The van der Waals surface area contributed by atoms with E-state index >= 15 is 0 Å². The van der Waals surface area contributed by atoms with Gasteiger partial charge in [-0.2, -0.15) is 0 Å². The molecule has 0 spiro atoms. The third-order valence-electron chi connectivity index (χ3n) is 2.21. The summed E-state index contributed by atoms with van der Waals surface area (Å²) in [6.07, 6.45) is 11.4. The summed E-state index contributed by atoms with van der Waals surface area (Å²) >= 11 is 6.49. The average molecular weight is 265 g/mol. The molecule has 0 aliphatic heterocycles. The maximum Gasteiger partial charge on any atom is 0.0486 e. The van der Waals surface area contributed by atoms with Gasteiger partial charge in [-0.25, -0.2) is 0 Å². The Morgan fingerprint density at radius 3 is 2.41 bits per heavy atom. The summed E-state index contributed by atoms with van der Waals surface area (Å²) < 4.78 is 0. The van der Waals surface area contributed by atoms with Crippen molar-refractivity contribution in [3.8, 4) is 0 Å². The van der Waals surface area contributed by atoms with E-state index in [0.29, 0.717) is 0 Å². The van der Waals surface area contributed by atoms with Crippen LogP contribution in [0.5, 0.6) is 0 Å². The van der Waals surface area contributed by atoms with Crippen LogP contribution in [0.25, 0.3) is 0 Å². The monoisotopic (exact) mass is 264 g/mol. The van der Waals surface area contributed by atoms with Crippen LogP contribution in [-0.4, -0.2) is 0 Å². The molecule has 1 aliphatic carbocycles. The highest BCUT2D eigenvalue weighted by Crippen LogP contribution is 2.50. The summed E-state index contributed by atoms with van der Waals surface area (Å²) in [5, 5.41) is 2.53. The first-order valence-corrected chi connectivity index (χ1v) is 8.16. The van der Waals surface area contributed by atoms with Crippen LogP contribution in [0.1, 0.15) is 20.3 Å². The van der Waals surface area contributed by atoms with Crippen molar-refractivity contribution >= 4 is 23.8 Å². The second-order valence-electron chi connectivity index (χ2n) is 3.29. The van der Waals surface area contributed by atoms with Crippen molar-refractivity contribution < 1.29 is 0 Å². The topological polar surface area (TPSA) is 0 Å². The summed E-state index contributed by atoms with van der Waals surface area (Å²) in [6.45, 7) is 4.00. The zero-order valence-electron chi connectivity index (χ0n) is 10.3. The molecular weight excluding hydrogens is 247 g/mol. The Morgan fingerprint density at radius 2 is 1.71 bits per heavy atom. The number of benzene rings is 1. The Kier molecular flexibility index (Phi) is 6.93. The van der Waals surface area contributed by atoms with E-state index in [0.717, 1.165) is 6.42 Å². The maximum atomic E-state index is 6.49. The summed E-state index contributed by atoms with van der Waals surface area (Å²) in [4.78, 5) is 0. The van der Waals surface area contributed by atoms with E-state index in [1.807, 2.05) is 38.1 Å². The second-order valence-corrected chi connectivity index (χ2v) is 5.96. The van der Waals surface area contributed by atoms with Crippen LogP contribution in [-0.2, 0) is 0 Å². The second kappa shape index (κ2) is 8.28. The van der Waals surface area contributed by atoms with E-state index in [1.165, 1.54) is 10.6 Å². The zero-order valence-corrected chi connectivity index (χ0v) is 12.0. The number of rotatable bonds is 2. The summed E-state index contributed by atoms with van der Waals surface area (Å²) in [7, 11) is -0.680. The van der Waals surface area contributed by atoms with Crippen LogP contribution in [0.4, 0.5) is 0 Å². The predicted molar refractivity (Wildman–Crippen MR) is 81.2 cm³/mol. The first-order chi connectivity index (χ1) is 8.38. The molecule has 2 heteroatoms. The van der Waals surface area contributed by atoms with Crippen molar-refractivity contribution in [1.29, 1.82) is 0 Å². The molecule has 0 fully saturated rings. The highest BCUT2D eigenvalue weighted by atomic mass is 35.7. The van der Waals surface area contributed by atoms with Crippen molar-refractivity contribution in [2.45, 2.75) is 20.3 Å². The van der Waals surface area contributed by atoms with Gasteiger partial charge in [0.2, 0.25) is 0 Å². The van der Waals surface area contributed by atoms with Gasteiger partial charge in [0.05, 0.1) is 0 Å². The van der Waals surface area contributed by atoms with E-state index < -0.39 is 7.27 Å². The van der Waals surface area contributed by atoms with Gasteiger partial charge in [0.15, 0.2) is 0 Å². The Balaban J connectivity index is 0.000000686. The van der Waals surface area contributed by atoms with Crippen LogP contribution < -0.4 is 5.30 Å². The molecule has 0 bridgehead atoms. The minimum absolute atomic E-state index is 0.680. The Bertz CT molecular complexity index is 404. The largest absolute Gasteiger partial charge is 0.0862 e. The van der Waals surface area contributed by atoms with Gasteiger partial charge in [-0.15, -0.1) is 0 Å². The van der Waals surface area contributed by atoms with Gasteiger partial charge in [-0.1, -0.05) is 85.8 Å². The highest BCUT2D eigenvalue weighted by molar-refractivity contribution is 7.93. The summed E-state index contributed by atoms with van der Waals surface area (Å²) in [5.74, 6) is 0. The quantitative estimate of drug-likeness (QED) is 0.630. The Labute approximate surface area is 110 Å². The van der Waals surface area contributed by atoms with Crippen LogP contribution >= 0.6 is 18.5 Å². The first-order valence-electron chi connectivity index (χ1n) is 5.91. The van der Waals surface area contributed by atoms with Crippen molar-refractivity contribution in [2.24, 2.45) is 0 Å². The molecule has 0 saturated carbocycles. The van der Waals surface area contributed by atoms with Gasteiger partial charge in [0.1, 0.15) is 0 Å². The molecule has 0 nitrogen and oxygen atoms in total. The molecule has 0 saturated heterocycles. The number of hydrogen-bond donors (Lipinski definition) is 0. The first kappa shape index (κ1) is 14.2. The van der Waals surface area contributed by atoms with E-state index in [2.05, 4.69) is 36.4 Å². The smallest absolute Gasteiger partial charge is 0.0486 e. The van der Waals surface area contributed by atoms with E-state index in [9.17, 15) is 0 Å². The predicted octanol–water partition coefficient (Wildman–Crippen LogP) is 5.37. The molecule has 1 aliphatic rings. The van der Waals surface area contributed by atoms with Crippen molar-refractivity contribution in [1.82, 2.24) is 0 Å². The van der Waals surface area contributed by atoms with Gasteiger partial charge in [0, 0.05) is 7.27 Å². The number of allylic oxidation sites excluding steroid dienone is 6. The molecule has 0 radical (unpaired) electrons. The fourth-order valence-electron chi connectivity index (χ4n) is 1.44. The van der Waals surface area contributed by atoms with Gasteiger partial charge < -0.3 is 0 Å². The zero-order chi connectivity index (χ0) is 12.5. The Morgan fingerprint density at radius 1 is 1.00 bits per heavy atom. The number of halogens is 1. The molecule has 2 rings (SSSR count). The van der Waals surface area contributed by atoms with Gasteiger partial charge in [0.25, 0.3) is 0 Å². The highest BCUT2D eigenvalue weighted by Gasteiger charge is 2.11. The minimum atomic E-state index is -0.680. The molecule has 0 heterocycles. The molecule has 90 valence electrons. The fourth-order valence-corrected chi connectivity index (χ4v) is 3.40. The van der Waals surface area contributed by atoms with Gasteiger partial charge in [-0.3, -0.25) is 0 Å². The van der Waals surface area contributed by atoms with Crippen LogP contribution in [0.15, 0.2) is 66.0 Å². The Hall–Kier alpha value is -0.840. The third kappa shape index (κ3) is 4.50. The van der Waals surface area contributed by atoms with Crippen molar-refractivity contribution in [2.75, 3.05) is 0 Å². The molecule has 0 amide bonds. The molecule has 1 aromatic rings. The molecule has 0 N–H and O–H groups in total. The standard InChI is InChI=1S/C13H12ClP.C2H6/c14-15(13-10-6-3-7-11-13)12-8-4-1-2-5-9-12;1-2/h1-8,10-11H,9H2;1-2H3. The fraction of sp³-hybridized carbons (Fsp3) is 0.200. The van der Waals surface area contributed by atoms with Crippen LogP contribution in [0.2, 0.25) is 0 Å². The summed E-state index contributed by atoms with van der Waals surface area (Å²) in [5.41, 5.74) is 0. The lowest BCUT2D eigenvalue weighted by atomic mass is 10.4. The normalized spacial score (nSPS) is 15.4. The molecule has 1 atom stereocenters. The van der Waals surface area contributed by atoms with E-state index in [1.54, 1.807) is 0 Å². The van der Waals surface area contributed by atoms with E-state index in [4.69, 9.17) is 11.2 Å². The van der Waals surface area contributed by atoms with Crippen molar-refractivity contribution in [3.63, 3.8) is 0 Å². The van der Waals surface area contributed by atoms with Crippen molar-refractivity contribution in [3.05, 3.63) is 66.0 Å². The summed E-state index contributed by atoms with van der Waals surface area (Å²) in [6, 6.07) is 10.3. The van der Waals surface area contributed by atoms with Crippen LogP contribution in [0.3, 0.4) is 0 Å². The van der Waals surface area contributed by atoms with Crippen LogP contribution in [0, 0.1) is 0 Å². The number of hydrogen-bond acceptors (Lipinski definition) is 0. The van der Waals surface area contributed by atoms with Gasteiger partial charge in [-0.05, 0) is 17.0 Å². The molecule has 0 aromatic heterocycles. The maximum absolute atomic E-state index is 6.49. The average Bonchev–Trinajstić information content (AvgIpc) is 2.70. The minimum Gasteiger partial charge on any atom is -0.0862 e. The molecule has 17 heavy (non-hydrogen) atoms. The molecule has 1 aromatic carbocycles. The molecule has 1 unspecified atom stereocenters. The SMILES string of the molecule is CC.ClP(C1=CC=CC=CC1)c1ccccc1. The third-order valence-corrected chi connectivity index (χ3v) is 5.03. The lowest BCUT2D eigenvalue weighted by Gasteiger charge is -2.11. The lowest BCUT2D eigenvalue weighted by Crippen LogP contribution is -1.96. The van der Waals surface area contributed by atoms with Gasteiger partial charge >= 0.3 is 0 Å².